The number of methoxy groups -OCH3 is 1. The number of sulfonamides is 1. The highest BCUT2D eigenvalue weighted by Gasteiger charge is 2.45. The van der Waals surface area contributed by atoms with Crippen LogP contribution in [0.3, 0.4) is 0 Å². The average Bonchev–Trinajstić information content (AvgIpc) is 3.13. The molecule has 2 aliphatic heterocycles. The Bertz CT molecular complexity index is 817. The maximum atomic E-state index is 13.3. The number of benzene rings is 1. The molecule has 29 heavy (non-hydrogen) atoms. The van der Waals surface area contributed by atoms with Crippen LogP contribution in [0.4, 0.5) is 4.79 Å². The van der Waals surface area contributed by atoms with Crippen molar-refractivity contribution in [2.45, 2.75) is 51.0 Å². The fourth-order valence-corrected chi connectivity index (χ4v) is 5.90. The second-order valence-electron chi connectivity index (χ2n) is 8.09. The van der Waals surface area contributed by atoms with E-state index in [2.05, 4.69) is 0 Å². The standard InChI is InChI=1S/C20H31N3O5S/c1-14(2)19-22(20(24)21-12-15(3)28-16(4)13-21)10-11-23(19)29(25,26)18-8-6-17(27-5)7-9-18/h6-9,14-16,19H,10-13H2,1-5H3/t15-,16+,19-/m0/s1. The first kappa shape index (κ1) is 21.9. The molecular formula is C20H31N3O5S. The first-order chi connectivity index (χ1) is 13.6. The fraction of sp³-hybridized carbons (Fsp3) is 0.650. The molecule has 2 heterocycles. The van der Waals surface area contributed by atoms with E-state index >= 15 is 0 Å². The molecule has 9 heteroatoms. The van der Waals surface area contributed by atoms with Crippen molar-refractivity contribution in [2.75, 3.05) is 33.3 Å². The minimum absolute atomic E-state index is 0.0399. The highest BCUT2D eigenvalue weighted by atomic mass is 32.2. The third-order valence-corrected chi connectivity index (χ3v) is 7.26. The summed E-state index contributed by atoms with van der Waals surface area (Å²) in [7, 11) is -2.20. The number of urea groups is 1. The van der Waals surface area contributed by atoms with Gasteiger partial charge in [0.2, 0.25) is 10.0 Å². The normalized spacial score (nSPS) is 26.2. The number of hydrogen-bond acceptors (Lipinski definition) is 5. The molecule has 0 aliphatic carbocycles. The maximum absolute atomic E-state index is 13.3. The molecule has 0 saturated carbocycles. The van der Waals surface area contributed by atoms with Gasteiger partial charge in [-0.2, -0.15) is 4.31 Å². The van der Waals surface area contributed by atoms with E-state index in [0.29, 0.717) is 25.4 Å². The predicted molar refractivity (Wildman–Crippen MR) is 109 cm³/mol. The zero-order valence-electron chi connectivity index (χ0n) is 17.7. The molecule has 0 N–H and O–H groups in total. The summed E-state index contributed by atoms with van der Waals surface area (Å²) < 4.78 is 38.9. The van der Waals surface area contributed by atoms with Gasteiger partial charge in [0.1, 0.15) is 11.9 Å². The summed E-state index contributed by atoms with van der Waals surface area (Å²) in [4.78, 5) is 16.9. The Balaban J connectivity index is 1.85. The highest BCUT2D eigenvalue weighted by Crippen LogP contribution is 2.30. The van der Waals surface area contributed by atoms with Crippen LogP contribution >= 0.6 is 0 Å². The van der Waals surface area contributed by atoms with Gasteiger partial charge in [0.15, 0.2) is 0 Å². The Morgan fingerprint density at radius 2 is 1.69 bits per heavy atom. The second-order valence-corrected chi connectivity index (χ2v) is 9.98. The molecule has 2 amide bonds. The van der Waals surface area contributed by atoms with Gasteiger partial charge in [0.25, 0.3) is 0 Å². The first-order valence-electron chi connectivity index (χ1n) is 10.0. The largest absolute Gasteiger partial charge is 0.497 e. The van der Waals surface area contributed by atoms with Crippen LogP contribution < -0.4 is 4.74 Å². The molecular weight excluding hydrogens is 394 g/mol. The van der Waals surface area contributed by atoms with E-state index in [0.717, 1.165) is 0 Å². The zero-order chi connectivity index (χ0) is 21.3. The number of ether oxygens (including phenoxy) is 2. The van der Waals surface area contributed by atoms with E-state index in [9.17, 15) is 13.2 Å². The number of amides is 2. The van der Waals surface area contributed by atoms with Crippen LogP contribution in [0.15, 0.2) is 29.2 Å². The lowest BCUT2D eigenvalue weighted by Gasteiger charge is -2.40. The van der Waals surface area contributed by atoms with Crippen LogP contribution in [0.2, 0.25) is 0 Å². The predicted octanol–water partition coefficient (Wildman–Crippen LogP) is 2.21. The molecule has 1 aromatic carbocycles. The van der Waals surface area contributed by atoms with Gasteiger partial charge >= 0.3 is 6.03 Å². The quantitative estimate of drug-likeness (QED) is 0.739. The Hall–Kier alpha value is -1.84. The first-order valence-corrected chi connectivity index (χ1v) is 11.5. The molecule has 0 aromatic heterocycles. The Morgan fingerprint density at radius 1 is 1.10 bits per heavy atom. The molecule has 0 radical (unpaired) electrons. The molecule has 3 rings (SSSR count). The number of hydrogen-bond donors (Lipinski definition) is 0. The summed E-state index contributed by atoms with van der Waals surface area (Å²) in [6, 6.07) is 6.22. The summed E-state index contributed by atoms with van der Waals surface area (Å²) in [5, 5.41) is 0. The molecule has 1 aromatic rings. The van der Waals surface area contributed by atoms with Gasteiger partial charge in [-0.15, -0.1) is 0 Å². The lowest BCUT2D eigenvalue weighted by Crippen LogP contribution is -2.56. The average molecular weight is 426 g/mol. The van der Waals surface area contributed by atoms with E-state index in [1.165, 1.54) is 11.4 Å². The van der Waals surface area contributed by atoms with E-state index in [4.69, 9.17) is 9.47 Å². The summed E-state index contributed by atoms with van der Waals surface area (Å²) in [6.07, 6.45) is -0.605. The zero-order valence-corrected chi connectivity index (χ0v) is 18.6. The monoisotopic (exact) mass is 425 g/mol. The maximum Gasteiger partial charge on any atom is 0.321 e. The Morgan fingerprint density at radius 3 is 2.21 bits per heavy atom. The van der Waals surface area contributed by atoms with E-state index in [1.54, 1.807) is 34.1 Å². The van der Waals surface area contributed by atoms with E-state index in [-0.39, 0.29) is 35.6 Å². The van der Waals surface area contributed by atoms with Crippen LogP contribution in [-0.2, 0) is 14.8 Å². The van der Waals surface area contributed by atoms with Gasteiger partial charge in [-0.1, -0.05) is 13.8 Å². The van der Waals surface area contributed by atoms with Crippen molar-refractivity contribution in [1.29, 1.82) is 0 Å². The summed E-state index contributed by atoms with van der Waals surface area (Å²) >= 11 is 0. The van der Waals surface area contributed by atoms with E-state index < -0.39 is 16.2 Å². The molecule has 2 saturated heterocycles. The third kappa shape index (κ3) is 4.36. The van der Waals surface area contributed by atoms with Crippen molar-refractivity contribution in [1.82, 2.24) is 14.1 Å². The Kier molecular flexibility index (Phi) is 6.40. The van der Waals surface area contributed by atoms with E-state index in [1.807, 2.05) is 27.7 Å². The van der Waals surface area contributed by atoms with Gasteiger partial charge in [-0.05, 0) is 44.0 Å². The SMILES string of the molecule is COc1ccc(S(=O)(=O)N2CCN(C(=O)N3C[C@@H](C)O[C@@H](C)C3)[C@@H]2C(C)C)cc1. The molecule has 162 valence electrons. The molecule has 0 spiro atoms. The lowest BCUT2D eigenvalue weighted by molar-refractivity contribution is -0.0595. The number of morpholine rings is 1. The molecule has 2 aliphatic rings. The minimum Gasteiger partial charge on any atom is -0.497 e. The van der Waals surface area contributed by atoms with Crippen LogP contribution in [0, 0.1) is 5.92 Å². The van der Waals surface area contributed by atoms with Crippen LogP contribution in [-0.4, -0.2) is 80.2 Å². The molecule has 0 bridgehead atoms. The molecule has 2 fully saturated rings. The van der Waals surface area contributed by atoms with Crippen molar-refractivity contribution < 1.29 is 22.7 Å². The third-order valence-electron chi connectivity index (χ3n) is 5.37. The Labute approximate surface area is 173 Å². The van der Waals surface area contributed by atoms with Crippen molar-refractivity contribution in [3.63, 3.8) is 0 Å². The van der Waals surface area contributed by atoms with Gasteiger partial charge in [-0.3, -0.25) is 0 Å². The number of nitrogens with zero attached hydrogens (tertiary/aromatic N) is 3. The van der Waals surface area contributed by atoms with Gasteiger partial charge in [-0.25, -0.2) is 13.2 Å². The summed E-state index contributed by atoms with van der Waals surface area (Å²) in [6.45, 7) is 9.44. The number of carbonyl (C=O) groups is 1. The molecule has 8 nitrogen and oxygen atoms in total. The second kappa shape index (κ2) is 8.49. The van der Waals surface area contributed by atoms with Crippen molar-refractivity contribution in [3.05, 3.63) is 24.3 Å². The lowest BCUT2D eigenvalue weighted by atomic mass is 10.1. The summed E-state index contributed by atoms with van der Waals surface area (Å²) in [5.41, 5.74) is 0. The van der Waals surface area contributed by atoms with Gasteiger partial charge in [0, 0.05) is 26.2 Å². The molecule has 0 unspecified atom stereocenters. The highest BCUT2D eigenvalue weighted by molar-refractivity contribution is 7.89. The number of rotatable bonds is 4. The minimum atomic E-state index is -3.74. The summed E-state index contributed by atoms with van der Waals surface area (Å²) in [5.74, 6) is 0.545. The van der Waals surface area contributed by atoms with Crippen LogP contribution in [0.25, 0.3) is 0 Å². The molecule has 3 atom stereocenters. The van der Waals surface area contributed by atoms with Crippen molar-refractivity contribution in [3.8, 4) is 5.75 Å². The van der Waals surface area contributed by atoms with Crippen LogP contribution in [0.1, 0.15) is 27.7 Å². The van der Waals surface area contributed by atoms with Crippen molar-refractivity contribution >= 4 is 16.1 Å². The van der Waals surface area contributed by atoms with Gasteiger partial charge < -0.3 is 19.3 Å². The van der Waals surface area contributed by atoms with Crippen LogP contribution in [0.5, 0.6) is 5.75 Å². The van der Waals surface area contributed by atoms with Gasteiger partial charge in [0.05, 0.1) is 24.2 Å². The number of carbonyl (C=O) groups excluding carboxylic acids is 1. The van der Waals surface area contributed by atoms with Crippen molar-refractivity contribution in [2.24, 2.45) is 5.92 Å². The smallest absolute Gasteiger partial charge is 0.321 e. The topological polar surface area (TPSA) is 79.4 Å². The fourth-order valence-electron chi connectivity index (χ4n) is 4.19.